The van der Waals surface area contributed by atoms with E-state index in [1.54, 1.807) is 0 Å². The maximum Gasteiger partial charge on any atom is 0.0596 e. The first-order valence-corrected chi connectivity index (χ1v) is 6.44. The zero-order chi connectivity index (χ0) is 12.3. The molecule has 2 unspecified atom stereocenters. The van der Waals surface area contributed by atoms with Gasteiger partial charge in [-0.15, -0.1) is 0 Å². The fraction of sp³-hybridized carbons (Fsp3) is 0.571. The van der Waals surface area contributed by atoms with Gasteiger partial charge in [0.15, 0.2) is 0 Å². The molecule has 3 nitrogen and oxygen atoms in total. The van der Waals surface area contributed by atoms with E-state index < -0.39 is 0 Å². The first kappa shape index (κ1) is 12.4. The number of nitrogens with two attached hydrogens (primary N) is 1. The SMILES string of the molecule is CCN1CCC(O)C(Cc2ccc(N)cc2)C1. The van der Waals surface area contributed by atoms with Crippen molar-refractivity contribution in [2.24, 2.45) is 5.92 Å². The average molecular weight is 234 g/mol. The molecule has 1 saturated heterocycles. The van der Waals surface area contributed by atoms with Crippen molar-refractivity contribution in [1.29, 1.82) is 0 Å². The van der Waals surface area contributed by atoms with Gasteiger partial charge in [-0.3, -0.25) is 0 Å². The largest absolute Gasteiger partial charge is 0.399 e. The Hall–Kier alpha value is -1.06. The number of benzene rings is 1. The van der Waals surface area contributed by atoms with E-state index in [2.05, 4.69) is 24.0 Å². The number of aliphatic hydroxyl groups is 1. The molecule has 0 aromatic heterocycles. The van der Waals surface area contributed by atoms with Crippen molar-refractivity contribution in [2.75, 3.05) is 25.4 Å². The lowest BCUT2D eigenvalue weighted by Crippen LogP contribution is -2.43. The highest BCUT2D eigenvalue weighted by Crippen LogP contribution is 2.21. The number of hydrogen-bond acceptors (Lipinski definition) is 3. The minimum Gasteiger partial charge on any atom is -0.399 e. The minimum absolute atomic E-state index is 0.157. The number of anilines is 1. The predicted molar refractivity (Wildman–Crippen MR) is 70.8 cm³/mol. The lowest BCUT2D eigenvalue weighted by Gasteiger charge is -2.35. The highest BCUT2D eigenvalue weighted by atomic mass is 16.3. The summed E-state index contributed by atoms with van der Waals surface area (Å²) in [5.74, 6) is 0.354. The van der Waals surface area contributed by atoms with E-state index in [0.29, 0.717) is 5.92 Å². The summed E-state index contributed by atoms with van der Waals surface area (Å²) in [4.78, 5) is 2.41. The van der Waals surface area contributed by atoms with Crippen LogP contribution in [0.2, 0.25) is 0 Å². The first-order valence-electron chi connectivity index (χ1n) is 6.44. The molecule has 0 radical (unpaired) electrons. The maximum atomic E-state index is 10.0. The van der Waals surface area contributed by atoms with Gasteiger partial charge in [0.2, 0.25) is 0 Å². The van der Waals surface area contributed by atoms with Gasteiger partial charge in [0.1, 0.15) is 0 Å². The first-order chi connectivity index (χ1) is 8.19. The van der Waals surface area contributed by atoms with Gasteiger partial charge in [-0.2, -0.15) is 0 Å². The van der Waals surface area contributed by atoms with Crippen molar-refractivity contribution in [2.45, 2.75) is 25.9 Å². The van der Waals surface area contributed by atoms with Crippen LogP contribution in [0.5, 0.6) is 0 Å². The van der Waals surface area contributed by atoms with Gasteiger partial charge in [0.05, 0.1) is 6.10 Å². The van der Waals surface area contributed by atoms with Crippen LogP contribution in [0.3, 0.4) is 0 Å². The maximum absolute atomic E-state index is 10.0. The molecule has 94 valence electrons. The van der Waals surface area contributed by atoms with Gasteiger partial charge >= 0.3 is 0 Å². The molecule has 2 rings (SSSR count). The Morgan fingerprint density at radius 1 is 1.35 bits per heavy atom. The number of nitrogen functional groups attached to an aromatic ring is 1. The highest BCUT2D eigenvalue weighted by Gasteiger charge is 2.26. The Morgan fingerprint density at radius 2 is 2.06 bits per heavy atom. The number of piperidine rings is 1. The van der Waals surface area contributed by atoms with Crippen molar-refractivity contribution in [1.82, 2.24) is 4.90 Å². The molecule has 3 N–H and O–H groups in total. The predicted octanol–water partition coefficient (Wildman–Crippen LogP) is 1.51. The lowest BCUT2D eigenvalue weighted by atomic mass is 9.88. The Labute approximate surface area is 103 Å². The van der Waals surface area contributed by atoms with Crippen molar-refractivity contribution in [3.63, 3.8) is 0 Å². The molecular weight excluding hydrogens is 212 g/mol. The number of likely N-dealkylation sites (tertiary alicyclic amines) is 1. The van der Waals surface area contributed by atoms with Crippen LogP contribution in [0.1, 0.15) is 18.9 Å². The molecule has 1 heterocycles. The van der Waals surface area contributed by atoms with E-state index in [-0.39, 0.29) is 6.10 Å². The molecule has 2 atom stereocenters. The molecule has 1 aromatic rings. The van der Waals surface area contributed by atoms with E-state index in [4.69, 9.17) is 5.73 Å². The Kier molecular flexibility index (Phi) is 4.02. The van der Waals surface area contributed by atoms with E-state index in [9.17, 15) is 5.11 Å². The summed E-state index contributed by atoms with van der Waals surface area (Å²) >= 11 is 0. The van der Waals surface area contributed by atoms with E-state index >= 15 is 0 Å². The Morgan fingerprint density at radius 3 is 2.71 bits per heavy atom. The molecule has 0 saturated carbocycles. The molecule has 17 heavy (non-hydrogen) atoms. The normalized spacial score (nSPS) is 26.0. The number of nitrogens with zero attached hydrogens (tertiary/aromatic N) is 1. The molecule has 1 aliphatic heterocycles. The summed E-state index contributed by atoms with van der Waals surface area (Å²) in [6.45, 7) is 5.28. The van der Waals surface area contributed by atoms with Gasteiger partial charge in [-0.1, -0.05) is 19.1 Å². The van der Waals surface area contributed by atoms with Crippen LogP contribution >= 0.6 is 0 Å². The Balaban J connectivity index is 1.98. The topological polar surface area (TPSA) is 49.5 Å². The zero-order valence-corrected chi connectivity index (χ0v) is 10.5. The highest BCUT2D eigenvalue weighted by molar-refractivity contribution is 5.39. The molecule has 0 bridgehead atoms. The number of aliphatic hydroxyl groups excluding tert-OH is 1. The van der Waals surface area contributed by atoms with E-state index in [1.807, 2.05) is 12.1 Å². The van der Waals surface area contributed by atoms with Crippen LogP contribution in [0.15, 0.2) is 24.3 Å². The average Bonchev–Trinajstić information content (AvgIpc) is 2.35. The van der Waals surface area contributed by atoms with Crippen molar-refractivity contribution < 1.29 is 5.11 Å². The monoisotopic (exact) mass is 234 g/mol. The number of rotatable bonds is 3. The second-order valence-corrected chi connectivity index (χ2v) is 4.96. The summed E-state index contributed by atoms with van der Waals surface area (Å²) in [6.07, 6.45) is 1.68. The second-order valence-electron chi connectivity index (χ2n) is 4.96. The smallest absolute Gasteiger partial charge is 0.0596 e. The molecule has 1 fully saturated rings. The summed E-state index contributed by atoms with van der Waals surface area (Å²) in [6, 6.07) is 7.99. The van der Waals surface area contributed by atoms with Gasteiger partial charge in [-0.05, 0) is 37.1 Å². The third-order valence-corrected chi connectivity index (χ3v) is 3.70. The molecule has 0 spiro atoms. The van der Waals surface area contributed by atoms with Crippen LogP contribution in [0.25, 0.3) is 0 Å². The van der Waals surface area contributed by atoms with Gasteiger partial charge in [0, 0.05) is 24.7 Å². The number of hydrogen-bond donors (Lipinski definition) is 2. The van der Waals surface area contributed by atoms with Gasteiger partial charge < -0.3 is 15.7 Å². The quantitative estimate of drug-likeness (QED) is 0.780. The van der Waals surface area contributed by atoms with Crippen molar-refractivity contribution >= 4 is 5.69 Å². The third kappa shape index (κ3) is 3.20. The molecule has 0 amide bonds. The molecule has 3 heteroatoms. The van der Waals surface area contributed by atoms with Crippen molar-refractivity contribution in [3.8, 4) is 0 Å². The summed E-state index contributed by atoms with van der Waals surface area (Å²) in [5, 5.41) is 10.0. The molecular formula is C14H22N2O. The van der Waals surface area contributed by atoms with E-state index in [1.165, 1.54) is 5.56 Å². The summed E-state index contributed by atoms with van der Waals surface area (Å²) < 4.78 is 0. The zero-order valence-electron chi connectivity index (χ0n) is 10.5. The Bertz CT molecular complexity index is 350. The third-order valence-electron chi connectivity index (χ3n) is 3.70. The fourth-order valence-corrected chi connectivity index (χ4v) is 2.54. The standard InChI is InChI=1S/C14H22N2O/c1-2-16-8-7-14(17)12(10-16)9-11-3-5-13(15)6-4-11/h3-6,12,14,17H,2,7-10,15H2,1H3. The second kappa shape index (κ2) is 5.52. The van der Waals surface area contributed by atoms with Crippen molar-refractivity contribution in [3.05, 3.63) is 29.8 Å². The van der Waals surface area contributed by atoms with Crippen LogP contribution in [0.4, 0.5) is 5.69 Å². The van der Waals surface area contributed by atoms with E-state index in [0.717, 1.165) is 38.2 Å². The molecule has 1 aliphatic rings. The summed E-state index contributed by atoms with van der Waals surface area (Å²) in [5.41, 5.74) is 7.74. The van der Waals surface area contributed by atoms with Gasteiger partial charge in [0.25, 0.3) is 0 Å². The van der Waals surface area contributed by atoms with Crippen LogP contribution < -0.4 is 5.73 Å². The van der Waals surface area contributed by atoms with Crippen LogP contribution in [0, 0.1) is 5.92 Å². The van der Waals surface area contributed by atoms with Crippen LogP contribution in [-0.2, 0) is 6.42 Å². The molecule has 1 aromatic carbocycles. The van der Waals surface area contributed by atoms with Gasteiger partial charge in [-0.25, -0.2) is 0 Å². The minimum atomic E-state index is -0.157. The van der Waals surface area contributed by atoms with Crippen LogP contribution in [-0.4, -0.2) is 35.7 Å². The fourth-order valence-electron chi connectivity index (χ4n) is 2.54. The molecule has 0 aliphatic carbocycles. The summed E-state index contributed by atoms with van der Waals surface area (Å²) in [7, 11) is 0. The lowest BCUT2D eigenvalue weighted by molar-refractivity contribution is 0.0290.